The summed E-state index contributed by atoms with van der Waals surface area (Å²) >= 11 is 0. The number of aromatic nitrogens is 2. The summed E-state index contributed by atoms with van der Waals surface area (Å²) in [6.07, 6.45) is 3.96. The van der Waals surface area contributed by atoms with Crippen LogP contribution in [0, 0.1) is 0 Å². The molecule has 1 aromatic rings. The van der Waals surface area contributed by atoms with E-state index < -0.39 is 6.09 Å². The lowest BCUT2D eigenvalue weighted by Gasteiger charge is -2.34. The summed E-state index contributed by atoms with van der Waals surface area (Å²) in [4.78, 5) is 10.3. The Morgan fingerprint density at radius 2 is 2.40 bits per heavy atom. The number of amides is 1. The summed E-state index contributed by atoms with van der Waals surface area (Å²) < 4.78 is 1.78. The Bertz CT molecular complexity index is 357. The van der Waals surface area contributed by atoms with Gasteiger partial charge in [-0.3, -0.25) is 4.68 Å². The molecule has 0 bridgehead atoms. The fourth-order valence-corrected chi connectivity index (χ4v) is 1.76. The Balaban J connectivity index is 1.86. The fraction of sp³-hybridized carbons (Fsp3) is 0.556. The van der Waals surface area contributed by atoms with E-state index in [-0.39, 0.29) is 18.7 Å². The van der Waals surface area contributed by atoms with Gasteiger partial charge in [0.15, 0.2) is 0 Å². The lowest BCUT2D eigenvalue weighted by atomic mass is 9.87. The Morgan fingerprint density at radius 3 is 2.93 bits per heavy atom. The van der Waals surface area contributed by atoms with Crippen molar-refractivity contribution in [2.24, 2.45) is 0 Å². The molecule has 1 fully saturated rings. The largest absolute Gasteiger partial charge is 0.465 e. The van der Waals surface area contributed by atoms with Gasteiger partial charge in [-0.1, -0.05) is 0 Å². The Morgan fingerprint density at radius 1 is 1.67 bits per heavy atom. The molecule has 2 rings (SSSR count). The first-order valence-corrected chi connectivity index (χ1v) is 4.82. The van der Waals surface area contributed by atoms with E-state index in [1.54, 1.807) is 17.1 Å². The average Bonchev–Trinajstić information content (AvgIpc) is 2.58. The van der Waals surface area contributed by atoms with E-state index in [9.17, 15) is 4.79 Å². The van der Waals surface area contributed by atoms with Crippen LogP contribution in [0.1, 0.15) is 24.4 Å². The Labute approximate surface area is 86.5 Å². The molecule has 0 aliphatic heterocycles. The van der Waals surface area contributed by atoms with Gasteiger partial charge in [0, 0.05) is 17.8 Å². The third kappa shape index (κ3) is 2.10. The van der Waals surface area contributed by atoms with Crippen LogP contribution in [0.5, 0.6) is 0 Å². The molecular formula is C9H13N3O3. The number of aliphatic hydroxyl groups is 1. The number of carboxylic acid groups (broad SMARTS) is 1. The van der Waals surface area contributed by atoms with Crippen molar-refractivity contribution in [1.82, 2.24) is 15.1 Å². The van der Waals surface area contributed by atoms with E-state index in [4.69, 9.17) is 10.2 Å². The summed E-state index contributed by atoms with van der Waals surface area (Å²) in [5.41, 5.74) is 0.782. The predicted molar refractivity (Wildman–Crippen MR) is 51.4 cm³/mol. The summed E-state index contributed by atoms with van der Waals surface area (Å²) in [5.74, 6) is 0. The summed E-state index contributed by atoms with van der Waals surface area (Å²) in [6.45, 7) is -0.0104. The first kappa shape index (κ1) is 9.97. The van der Waals surface area contributed by atoms with Gasteiger partial charge >= 0.3 is 6.09 Å². The molecule has 0 saturated heterocycles. The zero-order valence-corrected chi connectivity index (χ0v) is 8.13. The minimum absolute atomic E-state index is 0.0104. The highest BCUT2D eigenvalue weighted by atomic mass is 16.4. The van der Waals surface area contributed by atoms with E-state index >= 15 is 0 Å². The van der Waals surface area contributed by atoms with E-state index in [1.807, 2.05) is 0 Å². The predicted octanol–water partition coefficient (Wildman–Crippen LogP) is 0.346. The second kappa shape index (κ2) is 3.90. The molecule has 1 aliphatic carbocycles. The molecular weight excluding hydrogens is 198 g/mol. The van der Waals surface area contributed by atoms with Gasteiger partial charge in [-0.25, -0.2) is 4.79 Å². The van der Waals surface area contributed by atoms with Crippen LogP contribution in [0.4, 0.5) is 4.79 Å². The van der Waals surface area contributed by atoms with Crippen LogP contribution in [0.2, 0.25) is 0 Å². The van der Waals surface area contributed by atoms with Crippen LogP contribution >= 0.6 is 0 Å². The van der Waals surface area contributed by atoms with Crippen LogP contribution in [-0.4, -0.2) is 32.1 Å². The van der Waals surface area contributed by atoms with E-state index in [0.717, 1.165) is 18.4 Å². The molecule has 3 N–H and O–H groups in total. The molecule has 0 atom stereocenters. The van der Waals surface area contributed by atoms with Gasteiger partial charge in [0.25, 0.3) is 0 Å². The van der Waals surface area contributed by atoms with Gasteiger partial charge in [-0.05, 0) is 12.8 Å². The van der Waals surface area contributed by atoms with Crippen LogP contribution in [0.15, 0.2) is 12.4 Å². The van der Waals surface area contributed by atoms with E-state index in [0.29, 0.717) is 0 Å². The van der Waals surface area contributed by atoms with E-state index in [2.05, 4.69) is 10.4 Å². The van der Waals surface area contributed by atoms with Crippen molar-refractivity contribution in [3.8, 4) is 0 Å². The molecule has 6 nitrogen and oxygen atoms in total. The van der Waals surface area contributed by atoms with Crippen molar-refractivity contribution in [3.63, 3.8) is 0 Å². The molecule has 1 amide bonds. The van der Waals surface area contributed by atoms with Gasteiger partial charge in [-0.15, -0.1) is 0 Å². The lowest BCUT2D eigenvalue weighted by molar-refractivity contribution is 0.163. The van der Waals surface area contributed by atoms with Crippen LogP contribution in [0.25, 0.3) is 0 Å². The van der Waals surface area contributed by atoms with Gasteiger partial charge in [0.05, 0.1) is 18.8 Å². The van der Waals surface area contributed by atoms with Crippen molar-refractivity contribution >= 4 is 6.09 Å². The van der Waals surface area contributed by atoms with Gasteiger partial charge in [0.2, 0.25) is 0 Å². The maximum Gasteiger partial charge on any atom is 0.404 e. The minimum atomic E-state index is -0.977. The fourth-order valence-electron chi connectivity index (χ4n) is 1.76. The molecule has 1 saturated carbocycles. The van der Waals surface area contributed by atoms with Crippen LogP contribution in [-0.2, 0) is 6.61 Å². The molecule has 15 heavy (non-hydrogen) atoms. The first-order chi connectivity index (χ1) is 7.19. The maximum atomic E-state index is 10.3. The summed E-state index contributed by atoms with van der Waals surface area (Å²) in [6, 6.07) is 0.288. The van der Waals surface area contributed by atoms with E-state index in [1.165, 1.54) is 0 Å². The van der Waals surface area contributed by atoms with Crippen molar-refractivity contribution in [2.45, 2.75) is 31.5 Å². The number of nitrogens with one attached hydrogen (secondary N) is 1. The number of rotatable bonds is 3. The highest BCUT2D eigenvalue weighted by molar-refractivity contribution is 5.65. The molecule has 1 heterocycles. The van der Waals surface area contributed by atoms with Gasteiger partial charge in [-0.2, -0.15) is 5.10 Å². The zero-order valence-electron chi connectivity index (χ0n) is 8.13. The Kier molecular flexibility index (Phi) is 2.59. The third-order valence-corrected chi connectivity index (χ3v) is 2.65. The van der Waals surface area contributed by atoms with Gasteiger partial charge in [0.1, 0.15) is 0 Å². The number of carbonyl (C=O) groups is 1. The highest BCUT2D eigenvalue weighted by Crippen LogP contribution is 2.31. The topological polar surface area (TPSA) is 87.4 Å². The minimum Gasteiger partial charge on any atom is -0.465 e. The highest BCUT2D eigenvalue weighted by Gasteiger charge is 2.31. The molecule has 0 unspecified atom stereocenters. The summed E-state index contributed by atoms with van der Waals surface area (Å²) in [5, 5.41) is 23.9. The second-order valence-corrected chi connectivity index (χ2v) is 3.76. The number of hydrogen-bond donors (Lipinski definition) is 3. The monoisotopic (exact) mass is 211 g/mol. The summed E-state index contributed by atoms with van der Waals surface area (Å²) in [7, 11) is 0. The average molecular weight is 211 g/mol. The zero-order chi connectivity index (χ0) is 10.8. The van der Waals surface area contributed by atoms with Crippen molar-refractivity contribution in [2.75, 3.05) is 0 Å². The van der Waals surface area contributed by atoms with Crippen LogP contribution < -0.4 is 5.32 Å². The third-order valence-electron chi connectivity index (χ3n) is 2.65. The number of nitrogens with zero attached hydrogens (tertiary/aromatic N) is 2. The van der Waals surface area contributed by atoms with Gasteiger partial charge < -0.3 is 15.5 Å². The van der Waals surface area contributed by atoms with Crippen molar-refractivity contribution < 1.29 is 15.0 Å². The standard InChI is InChI=1S/C9H13N3O3/c13-5-6-3-10-12(4-6)8-1-7(2-8)11-9(14)15/h3-4,7-8,11,13H,1-2,5H2,(H,14,15). The first-order valence-electron chi connectivity index (χ1n) is 4.82. The molecule has 6 heteroatoms. The molecule has 1 aliphatic rings. The molecule has 0 spiro atoms. The van der Waals surface area contributed by atoms with Crippen LogP contribution in [0.3, 0.4) is 0 Å². The van der Waals surface area contributed by atoms with Crippen molar-refractivity contribution in [3.05, 3.63) is 18.0 Å². The molecule has 0 aromatic carbocycles. The normalized spacial score (nSPS) is 24.6. The quantitative estimate of drug-likeness (QED) is 0.673. The Hall–Kier alpha value is -1.56. The smallest absolute Gasteiger partial charge is 0.404 e. The molecule has 0 radical (unpaired) electrons. The SMILES string of the molecule is O=C(O)NC1CC(n2cc(CO)cn2)C1. The van der Waals surface area contributed by atoms with Crippen molar-refractivity contribution in [1.29, 1.82) is 0 Å². The maximum absolute atomic E-state index is 10.3. The molecule has 1 aromatic heterocycles. The second-order valence-electron chi connectivity index (χ2n) is 3.76. The number of hydrogen-bond acceptors (Lipinski definition) is 3. The number of aliphatic hydroxyl groups excluding tert-OH is 1. The lowest BCUT2D eigenvalue weighted by Crippen LogP contribution is -2.44. The molecule has 82 valence electrons.